The van der Waals surface area contributed by atoms with Crippen LogP contribution in [0.2, 0.25) is 0 Å². The van der Waals surface area contributed by atoms with E-state index in [1.54, 1.807) is 34.9 Å². The van der Waals surface area contributed by atoms with Crippen molar-refractivity contribution in [3.8, 4) is 10.6 Å². The first-order valence-corrected chi connectivity index (χ1v) is 11.9. The van der Waals surface area contributed by atoms with E-state index < -0.39 is 0 Å². The van der Waals surface area contributed by atoms with Gasteiger partial charge in [-0.2, -0.15) is 0 Å². The van der Waals surface area contributed by atoms with Crippen LogP contribution in [-0.4, -0.2) is 32.8 Å². The van der Waals surface area contributed by atoms with Crippen LogP contribution in [-0.2, 0) is 4.79 Å². The molecule has 1 N–H and O–H groups in total. The summed E-state index contributed by atoms with van der Waals surface area (Å²) in [6.45, 7) is 4.99. The Morgan fingerprint density at radius 1 is 1.25 bits per heavy atom. The Bertz CT molecular complexity index is 1030. The lowest BCUT2D eigenvalue weighted by Crippen LogP contribution is -2.25. The topological polar surface area (TPSA) is 54.4 Å². The molecule has 4 rings (SSSR count). The van der Waals surface area contributed by atoms with Crippen LogP contribution in [0.25, 0.3) is 20.8 Å². The number of aliphatic imine (C=N–C) groups is 1. The number of carbonyl (C=O) groups is 1. The van der Waals surface area contributed by atoms with E-state index in [9.17, 15) is 4.79 Å². The number of hydrogen-bond acceptors (Lipinski definition) is 6. The van der Waals surface area contributed by atoms with E-state index in [2.05, 4.69) is 35.4 Å². The average molecular weight is 428 g/mol. The van der Waals surface area contributed by atoms with E-state index >= 15 is 0 Å². The number of nitrogens with one attached hydrogen (secondary N) is 1. The van der Waals surface area contributed by atoms with E-state index in [0.717, 1.165) is 44.9 Å². The molecule has 1 aromatic heterocycles. The van der Waals surface area contributed by atoms with Crippen molar-refractivity contribution in [3.63, 3.8) is 0 Å². The molecule has 1 aliphatic heterocycles. The molecule has 4 nitrogen and oxygen atoms in total. The molecule has 0 radical (unpaired) electrons. The molecule has 2 aromatic carbocycles. The molecule has 0 unspecified atom stereocenters. The first-order valence-electron chi connectivity index (χ1n) is 9.25. The highest BCUT2D eigenvalue weighted by Crippen LogP contribution is 2.32. The quantitative estimate of drug-likeness (QED) is 0.557. The highest BCUT2D eigenvalue weighted by molar-refractivity contribution is 8.39. The number of amides is 1. The Morgan fingerprint density at radius 2 is 2.07 bits per heavy atom. The molecule has 0 fully saturated rings. The number of fused-ring (bicyclic) bond motifs is 1. The number of aryl methyl sites for hydroxylation is 1. The van der Waals surface area contributed by atoms with Gasteiger partial charge in [-0.1, -0.05) is 36.5 Å². The molecule has 144 valence electrons. The van der Waals surface area contributed by atoms with Crippen molar-refractivity contribution in [2.45, 2.75) is 25.5 Å². The third-order valence-corrected chi connectivity index (χ3v) is 8.04. The second-order valence-electron chi connectivity index (χ2n) is 6.57. The van der Waals surface area contributed by atoms with Crippen molar-refractivity contribution in [1.29, 1.82) is 0 Å². The summed E-state index contributed by atoms with van der Waals surface area (Å²) in [5.41, 5.74) is 4.14. The largest absolute Gasteiger partial charge is 0.325 e. The fourth-order valence-electron chi connectivity index (χ4n) is 2.90. The lowest BCUT2D eigenvalue weighted by molar-refractivity contribution is -0.115. The van der Waals surface area contributed by atoms with Crippen LogP contribution in [0.1, 0.15) is 18.9 Å². The summed E-state index contributed by atoms with van der Waals surface area (Å²) in [6, 6.07) is 14.3. The van der Waals surface area contributed by atoms with Crippen LogP contribution in [0.4, 0.5) is 5.69 Å². The van der Waals surface area contributed by atoms with Crippen molar-refractivity contribution in [3.05, 3.63) is 48.0 Å². The zero-order valence-electron chi connectivity index (χ0n) is 15.8. The van der Waals surface area contributed by atoms with Crippen LogP contribution in [0.15, 0.2) is 47.5 Å². The third kappa shape index (κ3) is 4.42. The third-order valence-electron chi connectivity index (χ3n) is 4.41. The smallest absolute Gasteiger partial charge is 0.237 e. The van der Waals surface area contributed by atoms with Gasteiger partial charge in [0.05, 0.1) is 22.0 Å². The molecule has 1 aliphatic rings. The fraction of sp³-hybridized carbons (Fsp3) is 0.286. The Kier molecular flexibility index (Phi) is 6.04. The number of anilines is 1. The van der Waals surface area contributed by atoms with Gasteiger partial charge in [-0.3, -0.25) is 9.79 Å². The Hall–Kier alpha value is -1.83. The van der Waals surface area contributed by atoms with Crippen LogP contribution in [0.3, 0.4) is 0 Å². The number of carbonyl (C=O) groups excluding carboxylic acids is 1. The molecule has 0 spiro atoms. The zero-order valence-corrected chi connectivity index (χ0v) is 18.2. The monoisotopic (exact) mass is 427 g/mol. The number of aromatic nitrogens is 1. The van der Waals surface area contributed by atoms with E-state index in [-0.39, 0.29) is 11.2 Å². The number of nitrogens with zero attached hydrogens (tertiary/aromatic N) is 2. The maximum Gasteiger partial charge on any atom is 0.237 e. The standard InChI is InChI=1S/C21H21N3OS3/c1-3-17(28-21-22-10-11-26-21)19(25)23-15-7-5-14(6-8-15)20-24-16-9-4-13(2)12-18(16)27-20/h4-9,12,17H,3,10-11H2,1-2H3,(H,23,25)/t17-/m1/s1. The summed E-state index contributed by atoms with van der Waals surface area (Å²) < 4.78 is 2.23. The zero-order chi connectivity index (χ0) is 19.5. The van der Waals surface area contributed by atoms with Gasteiger partial charge in [0.15, 0.2) is 0 Å². The SMILES string of the molecule is CC[C@@H](SC1=NCCS1)C(=O)Nc1ccc(-c2nc3ccc(C)cc3s2)cc1. The van der Waals surface area contributed by atoms with Gasteiger partial charge in [0.25, 0.3) is 0 Å². The lowest BCUT2D eigenvalue weighted by atomic mass is 10.2. The lowest BCUT2D eigenvalue weighted by Gasteiger charge is -2.14. The molecule has 0 saturated heterocycles. The highest BCUT2D eigenvalue weighted by Gasteiger charge is 2.21. The van der Waals surface area contributed by atoms with Gasteiger partial charge in [-0.05, 0) is 55.3 Å². The molecule has 3 aromatic rings. The van der Waals surface area contributed by atoms with Gasteiger partial charge in [0.2, 0.25) is 5.91 Å². The number of rotatable bonds is 5. The highest BCUT2D eigenvalue weighted by atomic mass is 32.2. The van der Waals surface area contributed by atoms with Crippen LogP contribution in [0.5, 0.6) is 0 Å². The van der Waals surface area contributed by atoms with Gasteiger partial charge in [-0.15, -0.1) is 11.3 Å². The van der Waals surface area contributed by atoms with Crippen molar-refractivity contribution < 1.29 is 4.79 Å². The summed E-state index contributed by atoms with van der Waals surface area (Å²) in [4.78, 5) is 21.8. The average Bonchev–Trinajstić information content (AvgIpc) is 3.35. The van der Waals surface area contributed by atoms with Crippen LogP contribution >= 0.6 is 34.9 Å². The van der Waals surface area contributed by atoms with Crippen LogP contribution < -0.4 is 5.32 Å². The second kappa shape index (κ2) is 8.68. The van der Waals surface area contributed by atoms with E-state index in [1.807, 2.05) is 31.2 Å². The number of thioether (sulfide) groups is 2. The van der Waals surface area contributed by atoms with Gasteiger partial charge in [-0.25, -0.2) is 4.98 Å². The molecule has 0 aliphatic carbocycles. The molecule has 1 amide bonds. The predicted octanol–water partition coefficient (Wildman–Crippen LogP) is 5.82. The van der Waals surface area contributed by atoms with Crippen molar-refractivity contribution in [2.75, 3.05) is 17.6 Å². The molecule has 0 saturated carbocycles. The molecule has 0 bridgehead atoms. The van der Waals surface area contributed by atoms with Crippen molar-refractivity contribution in [1.82, 2.24) is 4.98 Å². The molecule has 28 heavy (non-hydrogen) atoms. The second-order valence-corrected chi connectivity index (χ2v) is 10.1. The van der Waals surface area contributed by atoms with E-state index in [0.29, 0.717) is 0 Å². The number of thiazole rings is 1. The maximum atomic E-state index is 12.6. The molecular formula is C21H21N3OS3. The van der Waals surface area contributed by atoms with Gasteiger partial charge in [0, 0.05) is 17.0 Å². The van der Waals surface area contributed by atoms with Gasteiger partial charge >= 0.3 is 0 Å². The first-order chi connectivity index (χ1) is 13.6. The summed E-state index contributed by atoms with van der Waals surface area (Å²) in [5, 5.41) is 3.92. The first kappa shape index (κ1) is 19.5. The Labute approximate surface area is 177 Å². The van der Waals surface area contributed by atoms with E-state index in [4.69, 9.17) is 4.98 Å². The number of hydrogen-bond donors (Lipinski definition) is 1. The molecular weight excluding hydrogens is 406 g/mol. The summed E-state index contributed by atoms with van der Waals surface area (Å²) in [7, 11) is 0. The summed E-state index contributed by atoms with van der Waals surface area (Å²) in [5.74, 6) is 1.05. The molecule has 1 atom stereocenters. The predicted molar refractivity (Wildman–Crippen MR) is 125 cm³/mol. The Morgan fingerprint density at radius 3 is 2.79 bits per heavy atom. The van der Waals surface area contributed by atoms with Crippen molar-refractivity contribution in [2.24, 2.45) is 4.99 Å². The van der Waals surface area contributed by atoms with Crippen LogP contribution in [0, 0.1) is 6.92 Å². The number of benzene rings is 2. The van der Waals surface area contributed by atoms with E-state index in [1.165, 1.54) is 10.3 Å². The normalized spacial score (nSPS) is 14.9. The fourth-order valence-corrected chi connectivity index (χ4v) is 6.13. The van der Waals surface area contributed by atoms with Crippen molar-refractivity contribution >= 4 is 61.0 Å². The summed E-state index contributed by atoms with van der Waals surface area (Å²) >= 11 is 5.01. The van der Waals surface area contributed by atoms with Gasteiger partial charge in [0.1, 0.15) is 9.38 Å². The minimum Gasteiger partial charge on any atom is -0.325 e. The Balaban J connectivity index is 1.45. The molecule has 2 heterocycles. The minimum atomic E-state index is -0.114. The minimum absolute atomic E-state index is 0.0333. The summed E-state index contributed by atoms with van der Waals surface area (Å²) in [6.07, 6.45) is 0.777. The van der Waals surface area contributed by atoms with Gasteiger partial charge < -0.3 is 5.32 Å². The maximum absolute atomic E-state index is 12.6. The molecule has 7 heteroatoms.